The Morgan fingerprint density at radius 2 is 2.06 bits per heavy atom. The zero-order valence-electron chi connectivity index (χ0n) is 11.6. The van der Waals surface area contributed by atoms with E-state index in [2.05, 4.69) is 24.4 Å². The molecule has 2 atom stereocenters. The van der Waals surface area contributed by atoms with Gasteiger partial charge < -0.3 is 10.1 Å². The standard InChI is InChI=1S/C15H25NOS/c1-3-12-6-4-5-7-15(12)17-11-14-9-8-13(18-14)10-16-2/h8-9,12,15-16H,3-7,10-11H2,1-2H3. The molecule has 0 radical (unpaired) electrons. The molecule has 2 nitrogen and oxygen atoms in total. The van der Waals surface area contributed by atoms with Gasteiger partial charge in [0.1, 0.15) is 0 Å². The van der Waals surface area contributed by atoms with Crippen LogP contribution >= 0.6 is 11.3 Å². The Balaban J connectivity index is 1.81. The third-order valence-corrected chi connectivity index (χ3v) is 4.93. The van der Waals surface area contributed by atoms with Crippen molar-refractivity contribution in [2.75, 3.05) is 7.05 Å². The Labute approximate surface area is 115 Å². The molecule has 0 aliphatic heterocycles. The average molecular weight is 267 g/mol. The summed E-state index contributed by atoms with van der Waals surface area (Å²) in [5.74, 6) is 0.787. The maximum absolute atomic E-state index is 6.15. The van der Waals surface area contributed by atoms with Crippen LogP contribution in [0, 0.1) is 5.92 Å². The fraction of sp³-hybridized carbons (Fsp3) is 0.733. The van der Waals surface area contributed by atoms with E-state index in [1.165, 1.54) is 41.9 Å². The van der Waals surface area contributed by atoms with Crippen molar-refractivity contribution in [3.05, 3.63) is 21.9 Å². The van der Waals surface area contributed by atoms with Crippen molar-refractivity contribution < 1.29 is 4.74 Å². The molecule has 1 aliphatic rings. The maximum atomic E-state index is 6.15. The lowest BCUT2D eigenvalue weighted by Crippen LogP contribution is -2.26. The molecule has 2 rings (SSSR count). The van der Waals surface area contributed by atoms with E-state index in [1.54, 1.807) is 0 Å². The molecule has 0 saturated heterocycles. The molecule has 0 aromatic carbocycles. The Bertz CT molecular complexity index is 350. The van der Waals surface area contributed by atoms with Gasteiger partial charge in [-0.1, -0.05) is 26.2 Å². The molecule has 0 spiro atoms. The topological polar surface area (TPSA) is 21.3 Å². The second kappa shape index (κ2) is 7.27. The number of hydrogen-bond donors (Lipinski definition) is 1. The van der Waals surface area contributed by atoms with Gasteiger partial charge in [0.25, 0.3) is 0 Å². The molecule has 1 heterocycles. The Hall–Kier alpha value is -0.380. The van der Waals surface area contributed by atoms with Gasteiger partial charge in [-0.2, -0.15) is 0 Å². The first-order valence-electron chi connectivity index (χ1n) is 7.17. The highest BCUT2D eigenvalue weighted by molar-refractivity contribution is 7.11. The van der Waals surface area contributed by atoms with Crippen LogP contribution in [0.4, 0.5) is 0 Å². The summed E-state index contributed by atoms with van der Waals surface area (Å²) >= 11 is 1.87. The zero-order chi connectivity index (χ0) is 12.8. The second-order valence-electron chi connectivity index (χ2n) is 5.20. The molecule has 2 unspecified atom stereocenters. The molecular formula is C15H25NOS. The molecule has 18 heavy (non-hydrogen) atoms. The van der Waals surface area contributed by atoms with Crippen molar-refractivity contribution in [1.82, 2.24) is 5.32 Å². The molecular weight excluding hydrogens is 242 g/mol. The van der Waals surface area contributed by atoms with Crippen LogP contribution in [0.1, 0.15) is 48.8 Å². The van der Waals surface area contributed by atoms with E-state index in [1.807, 2.05) is 18.4 Å². The summed E-state index contributed by atoms with van der Waals surface area (Å²) in [6.45, 7) is 4.06. The van der Waals surface area contributed by atoms with Crippen LogP contribution in [0.3, 0.4) is 0 Å². The highest BCUT2D eigenvalue weighted by atomic mass is 32.1. The molecule has 1 aliphatic carbocycles. The van der Waals surface area contributed by atoms with Crippen LogP contribution in [0.5, 0.6) is 0 Å². The fourth-order valence-corrected chi connectivity index (χ4v) is 3.77. The first kappa shape index (κ1) is 14.0. The third-order valence-electron chi connectivity index (χ3n) is 3.87. The van der Waals surface area contributed by atoms with Gasteiger partial charge >= 0.3 is 0 Å². The zero-order valence-corrected chi connectivity index (χ0v) is 12.4. The maximum Gasteiger partial charge on any atom is 0.0813 e. The Morgan fingerprint density at radius 3 is 2.83 bits per heavy atom. The van der Waals surface area contributed by atoms with Crippen molar-refractivity contribution in [1.29, 1.82) is 0 Å². The largest absolute Gasteiger partial charge is 0.372 e. The number of ether oxygens (including phenoxy) is 1. The molecule has 1 saturated carbocycles. The summed E-state index contributed by atoms with van der Waals surface area (Å²) < 4.78 is 6.15. The van der Waals surface area contributed by atoms with Crippen LogP contribution < -0.4 is 5.32 Å². The van der Waals surface area contributed by atoms with Crippen molar-refractivity contribution in [3.8, 4) is 0 Å². The minimum absolute atomic E-state index is 0.499. The van der Waals surface area contributed by atoms with E-state index < -0.39 is 0 Å². The summed E-state index contributed by atoms with van der Waals surface area (Å²) in [6, 6.07) is 4.42. The average Bonchev–Trinajstić information content (AvgIpc) is 2.85. The lowest BCUT2D eigenvalue weighted by atomic mass is 9.85. The smallest absolute Gasteiger partial charge is 0.0813 e. The van der Waals surface area contributed by atoms with Crippen LogP contribution in [-0.2, 0) is 17.9 Å². The molecule has 3 heteroatoms. The molecule has 1 aromatic rings. The number of rotatable bonds is 6. The van der Waals surface area contributed by atoms with E-state index in [0.29, 0.717) is 6.10 Å². The van der Waals surface area contributed by atoms with E-state index in [0.717, 1.165) is 19.1 Å². The lowest BCUT2D eigenvalue weighted by molar-refractivity contribution is -0.0211. The van der Waals surface area contributed by atoms with Gasteiger partial charge in [0.05, 0.1) is 12.7 Å². The van der Waals surface area contributed by atoms with E-state index in [4.69, 9.17) is 4.74 Å². The third kappa shape index (κ3) is 3.81. The Morgan fingerprint density at radius 1 is 1.28 bits per heavy atom. The first-order valence-corrected chi connectivity index (χ1v) is 7.99. The van der Waals surface area contributed by atoms with Gasteiger partial charge in [0, 0.05) is 16.3 Å². The van der Waals surface area contributed by atoms with Crippen molar-refractivity contribution in [2.45, 2.75) is 58.3 Å². The van der Waals surface area contributed by atoms with Crippen LogP contribution in [-0.4, -0.2) is 13.2 Å². The summed E-state index contributed by atoms with van der Waals surface area (Å²) in [7, 11) is 1.99. The van der Waals surface area contributed by atoms with Crippen LogP contribution in [0.2, 0.25) is 0 Å². The summed E-state index contributed by atoms with van der Waals surface area (Å²) in [6.07, 6.45) is 7.11. The van der Waals surface area contributed by atoms with Gasteiger partial charge in [-0.3, -0.25) is 0 Å². The van der Waals surface area contributed by atoms with Gasteiger partial charge in [0.15, 0.2) is 0 Å². The van der Waals surface area contributed by atoms with E-state index in [9.17, 15) is 0 Å². The second-order valence-corrected chi connectivity index (χ2v) is 6.45. The molecule has 0 bridgehead atoms. The minimum Gasteiger partial charge on any atom is -0.372 e. The molecule has 1 aromatic heterocycles. The van der Waals surface area contributed by atoms with Gasteiger partial charge in [0.2, 0.25) is 0 Å². The van der Waals surface area contributed by atoms with E-state index >= 15 is 0 Å². The highest BCUT2D eigenvalue weighted by Gasteiger charge is 2.24. The Kier molecular flexibility index (Phi) is 5.67. The quantitative estimate of drug-likeness (QED) is 0.842. The summed E-state index contributed by atoms with van der Waals surface area (Å²) in [5, 5.41) is 3.19. The van der Waals surface area contributed by atoms with Crippen molar-refractivity contribution in [2.24, 2.45) is 5.92 Å². The molecule has 1 N–H and O–H groups in total. The highest BCUT2D eigenvalue weighted by Crippen LogP contribution is 2.30. The van der Waals surface area contributed by atoms with Crippen LogP contribution in [0.25, 0.3) is 0 Å². The molecule has 0 amide bonds. The monoisotopic (exact) mass is 267 g/mol. The number of thiophene rings is 1. The predicted octanol–water partition coefficient (Wildman–Crippen LogP) is 3.95. The van der Waals surface area contributed by atoms with Gasteiger partial charge in [-0.25, -0.2) is 0 Å². The van der Waals surface area contributed by atoms with Crippen molar-refractivity contribution >= 4 is 11.3 Å². The molecule has 1 fully saturated rings. The first-order chi connectivity index (χ1) is 8.83. The van der Waals surface area contributed by atoms with E-state index in [-0.39, 0.29) is 0 Å². The summed E-state index contributed by atoms with van der Waals surface area (Å²) in [4.78, 5) is 2.76. The molecule has 102 valence electrons. The predicted molar refractivity (Wildman–Crippen MR) is 77.9 cm³/mol. The number of hydrogen-bond acceptors (Lipinski definition) is 3. The SMILES string of the molecule is CCC1CCCCC1OCc1ccc(CNC)s1. The lowest BCUT2D eigenvalue weighted by Gasteiger charge is -2.30. The number of nitrogens with one attached hydrogen (secondary N) is 1. The van der Waals surface area contributed by atoms with Gasteiger partial charge in [-0.15, -0.1) is 11.3 Å². The normalized spacial score (nSPS) is 24.3. The van der Waals surface area contributed by atoms with Crippen LogP contribution in [0.15, 0.2) is 12.1 Å². The minimum atomic E-state index is 0.499. The van der Waals surface area contributed by atoms with Gasteiger partial charge in [-0.05, 0) is 37.9 Å². The fourth-order valence-electron chi connectivity index (χ4n) is 2.82. The summed E-state index contributed by atoms with van der Waals surface area (Å²) in [5.41, 5.74) is 0. The van der Waals surface area contributed by atoms with Crippen molar-refractivity contribution in [3.63, 3.8) is 0 Å².